The lowest BCUT2D eigenvalue weighted by atomic mass is 9.98. The van der Waals surface area contributed by atoms with Crippen molar-refractivity contribution in [2.24, 2.45) is 11.5 Å². The van der Waals surface area contributed by atoms with Gasteiger partial charge in [0.1, 0.15) is 5.75 Å². The number of benzene rings is 1. The van der Waals surface area contributed by atoms with Gasteiger partial charge in [-0.15, -0.1) is 0 Å². The molecule has 0 aliphatic carbocycles. The molecule has 0 saturated heterocycles. The normalized spacial score (nSPS) is 12.7. The van der Waals surface area contributed by atoms with Gasteiger partial charge in [0.25, 0.3) is 0 Å². The van der Waals surface area contributed by atoms with Crippen LogP contribution in [-0.2, 0) is 0 Å². The van der Waals surface area contributed by atoms with Gasteiger partial charge < -0.3 is 16.2 Å². The summed E-state index contributed by atoms with van der Waals surface area (Å²) in [5.74, 6) is 0.757. The van der Waals surface area contributed by atoms with E-state index >= 15 is 0 Å². The number of hydrogen-bond donors (Lipinski definition) is 2. The predicted molar refractivity (Wildman–Crippen MR) is 63.5 cm³/mol. The van der Waals surface area contributed by atoms with Gasteiger partial charge >= 0.3 is 0 Å². The summed E-state index contributed by atoms with van der Waals surface area (Å²) in [5.41, 5.74) is 14.3. The van der Waals surface area contributed by atoms with Crippen LogP contribution in [0.2, 0.25) is 5.02 Å². The van der Waals surface area contributed by atoms with Crippen LogP contribution in [0.1, 0.15) is 22.7 Å². The molecule has 84 valence electrons. The van der Waals surface area contributed by atoms with E-state index in [0.29, 0.717) is 6.54 Å². The zero-order chi connectivity index (χ0) is 11.6. The lowest BCUT2D eigenvalue weighted by Crippen LogP contribution is -2.22. The van der Waals surface area contributed by atoms with E-state index in [1.165, 1.54) is 0 Å². The molecule has 3 nitrogen and oxygen atoms in total. The molecular formula is C11H17ClN2O. The van der Waals surface area contributed by atoms with Crippen LogP contribution < -0.4 is 16.2 Å². The van der Waals surface area contributed by atoms with Gasteiger partial charge in [-0.2, -0.15) is 0 Å². The third kappa shape index (κ3) is 2.25. The number of halogens is 1. The van der Waals surface area contributed by atoms with E-state index in [9.17, 15) is 0 Å². The summed E-state index contributed by atoms with van der Waals surface area (Å²) < 4.78 is 5.29. The number of hydrogen-bond acceptors (Lipinski definition) is 3. The zero-order valence-corrected chi connectivity index (χ0v) is 10.1. The maximum Gasteiger partial charge on any atom is 0.124 e. The van der Waals surface area contributed by atoms with Gasteiger partial charge in [0, 0.05) is 23.2 Å². The van der Waals surface area contributed by atoms with Gasteiger partial charge in [-0.1, -0.05) is 11.6 Å². The summed E-state index contributed by atoms with van der Waals surface area (Å²) >= 11 is 6.16. The first-order valence-electron chi connectivity index (χ1n) is 4.82. The third-order valence-corrected chi connectivity index (χ3v) is 3.12. The van der Waals surface area contributed by atoms with Crippen molar-refractivity contribution in [3.63, 3.8) is 0 Å². The number of methoxy groups -OCH3 is 1. The van der Waals surface area contributed by atoms with Gasteiger partial charge in [-0.25, -0.2) is 0 Å². The molecule has 15 heavy (non-hydrogen) atoms. The smallest absolute Gasteiger partial charge is 0.124 e. The van der Waals surface area contributed by atoms with E-state index in [4.69, 9.17) is 27.8 Å². The Morgan fingerprint density at radius 3 is 2.53 bits per heavy atom. The summed E-state index contributed by atoms with van der Waals surface area (Å²) in [4.78, 5) is 0. The van der Waals surface area contributed by atoms with Crippen LogP contribution in [0, 0.1) is 13.8 Å². The highest BCUT2D eigenvalue weighted by atomic mass is 35.5. The van der Waals surface area contributed by atoms with Crippen LogP contribution in [0.15, 0.2) is 6.07 Å². The van der Waals surface area contributed by atoms with Crippen LogP contribution in [0.3, 0.4) is 0 Å². The Balaban J connectivity index is 3.40. The number of rotatable bonds is 3. The molecular weight excluding hydrogens is 212 g/mol. The van der Waals surface area contributed by atoms with E-state index in [2.05, 4.69) is 0 Å². The van der Waals surface area contributed by atoms with Crippen molar-refractivity contribution in [1.29, 1.82) is 0 Å². The lowest BCUT2D eigenvalue weighted by Gasteiger charge is -2.19. The highest BCUT2D eigenvalue weighted by Crippen LogP contribution is 2.34. The average molecular weight is 229 g/mol. The monoisotopic (exact) mass is 228 g/mol. The van der Waals surface area contributed by atoms with Gasteiger partial charge in [-0.05, 0) is 31.0 Å². The van der Waals surface area contributed by atoms with Crippen molar-refractivity contribution in [1.82, 2.24) is 0 Å². The molecule has 4 heteroatoms. The molecule has 1 rings (SSSR count). The van der Waals surface area contributed by atoms with Crippen molar-refractivity contribution in [3.05, 3.63) is 27.8 Å². The minimum atomic E-state index is -0.238. The largest absolute Gasteiger partial charge is 0.496 e. The highest BCUT2D eigenvalue weighted by Gasteiger charge is 2.17. The second-order valence-electron chi connectivity index (χ2n) is 3.59. The fourth-order valence-electron chi connectivity index (χ4n) is 1.68. The summed E-state index contributed by atoms with van der Waals surface area (Å²) in [6, 6.07) is 1.65. The van der Waals surface area contributed by atoms with E-state index in [1.54, 1.807) is 7.11 Å². The van der Waals surface area contributed by atoms with Crippen molar-refractivity contribution < 1.29 is 4.74 Å². The summed E-state index contributed by atoms with van der Waals surface area (Å²) in [7, 11) is 1.62. The fraction of sp³-hybridized carbons (Fsp3) is 0.455. The zero-order valence-electron chi connectivity index (χ0n) is 9.30. The first-order chi connectivity index (χ1) is 7.02. The lowest BCUT2D eigenvalue weighted by molar-refractivity contribution is 0.405. The Morgan fingerprint density at radius 2 is 2.07 bits per heavy atom. The maximum atomic E-state index is 6.16. The molecule has 0 aliphatic rings. The molecule has 0 amide bonds. The molecule has 1 aromatic rings. The Kier molecular flexibility index (Phi) is 3.97. The molecule has 0 radical (unpaired) electrons. The van der Waals surface area contributed by atoms with Crippen LogP contribution in [0.5, 0.6) is 5.75 Å². The molecule has 0 aliphatic heterocycles. The Morgan fingerprint density at radius 1 is 1.47 bits per heavy atom. The molecule has 1 aromatic carbocycles. The minimum Gasteiger partial charge on any atom is -0.496 e. The summed E-state index contributed by atoms with van der Waals surface area (Å²) in [6.45, 7) is 4.24. The Labute approximate surface area is 95.4 Å². The summed E-state index contributed by atoms with van der Waals surface area (Å²) in [6.07, 6.45) is 0. The quantitative estimate of drug-likeness (QED) is 0.831. The van der Waals surface area contributed by atoms with Crippen molar-refractivity contribution in [2.45, 2.75) is 19.9 Å². The van der Waals surface area contributed by atoms with E-state index in [0.717, 1.165) is 27.5 Å². The van der Waals surface area contributed by atoms with Crippen LogP contribution in [-0.4, -0.2) is 13.7 Å². The second-order valence-corrected chi connectivity index (χ2v) is 3.97. The number of nitrogens with two attached hydrogens (primary N) is 2. The standard InChI is InChI=1S/C11H17ClN2O/c1-6-4-9(15-3)10(8(14)5-13)7(2)11(6)12/h4,8H,5,13-14H2,1-3H3. The van der Waals surface area contributed by atoms with E-state index < -0.39 is 0 Å². The van der Waals surface area contributed by atoms with Crippen molar-refractivity contribution >= 4 is 11.6 Å². The van der Waals surface area contributed by atoms with Gasteiger partial charge in [0.15, 0.2) is 0 Å². The molecule has 0 aromatic heterocycles. The van der Waals surface area contributed by atoms with E-state index in [1.807, 2.05) is 19.9 Å². The van der Waals surface area contributed by atoms with Gasteiger partial charge in [0.2, 0.25) is 0 Å². The fourth-order valence-corrected chi connectivity index (χ4v) is 1.84. The molecule has 1 unspecified atom stereocenters. The number of aryl methyl sites for hydroxylation is 1. The van der Waals surface area contributed by atoms with Gasteiger partial charge in [-0.3, -0.25) is 0 Å². The topological polar surface area (TPSA) is 61.3 Å². The average Bonchev–Trinajstić information content (AvgIpc) is 2.24. The first-order valence-corrected chi connectivity index (χ1v) is 5.20. The van der Waals surface area contributed by atoms with Crippen molar-refractivity contribution in [2.75, 3.05) is 13.7 Å². The van der Waals surface area contributed by atoms with Crippen molar-refractivity contribution in [3.8, 4) is 5.75 Å². The predicted octanol–water partition coefficient (Wildman–Crippen LogP) is 1.92. The van der Waals surface area contributed by atoms with Crippen LogP contribution in [0.4, 0.5) is 0 Å². The Bertz CT molecular complexity index is 366. The Hall–Kier alpha value is -0.770. The first kappa shape index (κ1) is 12.3. The maximum absolute atomic E-state index is 6.16. The molecule has 0 spiro atoms. The van der Waals surface area contributed by atoms with Gasteiger partial charge in [0.05, 0.1) is 7.11 Å². The second kappa shape index (κ2) is 4.84. The van der Waals surface area contributed by atoms with Crippen LogP contribution in [0.25, 0.3) is 0 Å². The van der Waals surface area contributed by atoms with Crippen LogP contribution >= 0.6 is 11.6 Å². The SMILES string of the molecule is COc1cc(C)c(Cl)c(C)c1C(N)CN. The molecule has 0 heterocycles. The number of ether oxygens (including phenoxy) is 1. The minimum absolute atomic E-state index is 0.238. The highest BCUT2D eigenvalue weighted by molar-refractivity contribution is 6.32. The summed E-state index contributed by atoms with van der Waals surface area (Å²) in [5, 5.41) is 0.731. The third-order valence-electron chi connectivity index (χ3n) is 2.54. The van der Waals surface area contributed by atoms with E-state index in [-0.39, 0.29) is 6.04 Å². The molecule has 4 N–H and O–H groups in total. The molecule has 0 bridgehead atoms. The molecule has 1 atom stereocenters. The molecule has 0 saturated carbocycles. The molecule has 0 fully saturated rings.